The third kappa shape index (κ3) is 4.99. The number of hydrogen-bond acceptors (Lipinski definition) is 7. The SMILES string of the molecule is COc1ccc(C(=O)N2CCN(C(=O)c3nc(-c4ccc(N5CCCCC5)cc4)no3)CC2)cc1. The zero-order chi connectivity index (χ0) is 24.2. The summed E-state index contributed by atoms with van der Waals surface area (Å²) in [4.78, 5) is 35.8. The lowest BCUT2D eigenvalue weighted by Crippen LogP contribution is -2.50. The largest absolute Gasteiger partial charge is 0.497 e. The Morgan fingerprint density at radius 2 is 1.43 bits per heavy atom. The van der Waals surface area contributed by atoms with Crippen LogP contribution in [0.5, 0.6) is 5.75 Å². The van der Waals surface area contributed by atoms with Crippen molar-refractivity contribution in [2.24, 2.45) is 0 Å². The molecule has 2 aromatic carbocycles. The first-order valence-electron chi connectivity index (χ1n) is 12.0. The molecule has 2 aliphatic rings. The molecule has 2 fully saturated rings. The molecule has 0 radical (unpaired) electrons. The van der Waals surface area contributed by atoms with Gasteiger partial charge in [-0.2, -0.15) is 4.98 Å². The van der Waals surface area contributed by atoms with Gasteiger partial charge in [0.1, 0.15) is 5.75 Å². The number of amides is 2. The van der Waals surface area contributed by atoms with Gasteiger partial charge in [-0.3, -0.25) is 9.59 Å². The maximum absolute atomic E-state index is 12.9. The molecule has 2 amide bonds. The van der Waals surface area contributed by atoms with Crippen molar-refractivity contribution in [1.29, 1.82) is 0 Å². The van der Waals surface area contributed by atoms with Gasteiger partial charge in [-0.05, 0) is 67.8 Å². The minimum absolute atomic E-state index is 0.0324. The topological polar surface area (TPSA) is 92.0 Å². The Balaban J connectivity index is 1.18. The van der Waals surface area contributed by atoms with Crippen LogP contribution in [0.1, 0.15) is 40.3 Å². The summed E-state index contributed by atoms with van der Waals surface area (Å²) in [7, 11) is 1.59. The number of benzene rings is 2. The van der Waals surface area contributed by atoms with E-state index in [4.69, 9.17) is 9.26 Å². The third-order valence-electron chi connectivity index (χ3n) is 6.65. The molecule has 2 aliphatic heterocycles. The Hall–Kier alpha value is -3.88. The second kappa shape index (κ2) is 10.2. The van der Waals surface area contributed by atoms with Crippen LogP contribution in [-0.4, -0.2) is 78.1 Å². The van der Waals surface area contributed by atoms with Gasteiger partial charge >= 0.3 is 11.8 Å². The minimum Gasteiger partial charge on any atom is -0.497 e. The van der Waals surface area contributed by atoms with Gasteiger partial charge in [-0.1, -0.05) is 5.16 Å². The van der Waals surface area contributed by atoms with E-state index >= 15 is 0 Å². The van der Waals surface area contributed by atoms with Gasteiger partial charge in [-0.15, -0.1) is 0 Å². The van der Waals surface area contributed by atoms with Crippen LogP contribution in [0.3, 0.4) is 0 Å². The van der Waals surface area contributed by atoms with Gasteiger partial charge in [0.2, 0.25) is 5.82 Å². The van der Waals surface area contributed by atoms with Crippen LogP contribution in [0, 0.1) is 0 Å². The third-order valence-corrected chi connectivity index (χ3v) is 6.65. The molecule has 35 heavy (non-hydrogen) atoms. The van der Waals surface area contributed by atoms with Crippen molar-refractivity contribution in [3.8, 4) is 17.1 Å². The normalized spacial score (nSPS) is 16.3. The summed E-state index contributed by atoms with van der Waals surface area (Å²) in [6, 6.07) is 15.1. The molecule has 0 unspecified atom stereocenters. The van der Waals surface area contributed by atoms with Crippen molar-refractivity contribution in [3.63, 3.8) is 0 Å². The smallest absolute Gasteiger partial charge is 0.316 e. The summed E-state index contributed by atoms with van der Waals surface area (Å²) in [5.74, 6) is 0.689. The Labute approximate surface area is 204 Å². The number of rotatable bonds is 5. The average molecular weight is 476 g/mol. The molecule has 2 saturated heterocycles. The molecule has 1 aromatic heterocycles. The summed E-state index contributed by atoms with van der Waals surface area (Å²) < 4.78 is 10.4. The van der Waals surface area contributed by atoms with E-state index in [-0.39, 0.29) is 17.7 Å². The number of ether oxygens (including phenoxy) is 1. The fraction of sp³-hybridized carbons (Fsp3) is 0.385. The van der Waals surface area contributed by atoms with E-state index in [1.54, 1.807) is 41.2 Å². The lowest BCUT2D eigenvalue weighted by atomic mass is 10.1. The molecular weight excluding hydrogens is 446 g/mol. The number of aromatic nitrogens is 2. The van der Waals surface area contributed by atoms with Crippen molar-refractivity contribution in [2.45, 2.75) is 19.3 Å². The Kier molecular flexibility index (Phi) is 6.65. The summed E-state index contributed by atoms with van der Waals surface area (Å²) >= 11 is 0. The lowest BCUT2D eigenvalue weighted by Gasteiger charge is -2.34. The quantitative estimate of drug-likeness (QED) is 0.559. The molecule has 0 aliphatic carbocycles. The van der Waals surface area contributed by atoms with Gasteiger partial charge < -0.3 is 24.0 Å². The number of carbonyl (C=O) groups is 2. The molecule has 0 atom stereocenters. The lowest BCUT2D eigenvalue weighted by molar-refractivity contribution is 0.0508. The van der Waals surface area contributed by atoms with E-state index in [0.29, 0.717) is 43.3 Å². The highest BCUT2D eigenvalue weighted by Crippen LogP contribution is 2.24. The van der Waals surface area contributed by atoms with Crippen LogP contribution in [-0.2, 0) is 0 Å². The van der Waals surface area contributed by atoms with Crippen molar-refractivity contribution < 1.29 is 18.8 Å². The Morgan fingerprint density at radius 1 is 0.800 bits per heavy atom. The van der Waals surface area contributed by atoms with Crippen molar-refractivity contribution in [1.82, 2.24) is 19.9 Å². The van der Waals surface area contributed by atoms with Gasteiger partial charge in [-0.25, -0.2) is 0 Å². The van der Waals surface area contributed by atoms with Gasteiger partial charge in [0.15, 0.2) is 0 Å². The van der Waals surface area contributed by atoms with Gasteiger partial charge in [0, 0.05) is 56.1 Å². The first kappa shape index (κ1) is 22.9. The average Bonchev–Trinajstić information content (AvgIpc) is 3.43. The number of hydrogen-bond donors (Lipinski definition) is 0. The van der Waals surface area contributed by atoms with Crippen LogP contribution in [0.25, 0.3) is 11.4 Å². The van der Waals surface area contributed by atoms with Crippen molar-refractivity contribution >= 4 is 17.5 Å². The molecule has 3 heterocycles. The second-order valence-corrected chi connectivity index (χ2v) is 8.83. The Bertz CT molecular complexity index is 1160. The summed E-state index contributed by atoms with van der Waals surface area (Å²) in [6.45, 7) is 3.86. The maximum atomic E-state index is 12.9. The fourth-order valence-corrected chi connectivity index (χ4v) is 4.57. The molecule has 9 nitrogen and oxygen atoms in total. The van der Waals surface area contributed by atoms with E-state index in [1.807, 2.05) is 12.1 Å². The number of anilines is 1. The first-order valence-corrected chi connectivity index (χ1v) is 12.0. The van der Waals surface area contributed by atoms with Crippen LogP contribution in [0.4, 0.5) is 5.69 Å². The van der Waals surface area contributed by atoms with Crippen LogP contribution in [0.2, 0.25) is 0 Å². The molecule has 5 rings (SSSR count). The maximum Gasteiger partial charge on any atom is 0.316 e. The highest BCUT2D eigenvalue weighted by atomic mass is 16.5. The highest BCUT2D eigenvalue weighted by Gasteiger charge is 2.28. The molecule has 0 spiro atoms. The standard InChI is InChI=1S/C26H29N5O4/c1-34-22-11-7-20(8-12-22)25(32)30-15-17-31(18-16-30)26(33)24-27-23(28-35-24)19-5-9-21(10-6-19)29-13-3-2-4-14-29/h5-12H,2-4,13-18H2,1H3. The van der Waals surface area contributed by atoms with Crippen molar-refractivity contribution in [2.75, 3.05) is 51.3 Å². The molecule has 9 heteroatoms. The zero-order valence-corrected chi connectivity index (χ0v) is 19.9. The van der Waals surface area contributed by atoms with E-state index in [9.17, 15) is 9.59 Å². The van der Waals surface area contributed by atoms with E-state index in [2.05, 4.69) is 27.2 Å². The summed E-state index contributed by atoms with van der Waals surface area (Å²) in [5.41, 5.74) is 2.59. The minimum atomic E-state index is -0.315. The van der Waals surface area contributed by atoms with Crippen LogP contribution in [0.15, 0.2) is 53.1 Å². The highest BCUT2D eigenvalue weighted by molar-refractivity contribution is 5.95. The van der Waals surface area contributed by atoms with E-state index in [1.165, 1.54) is 24.9 Å². The predicted molar refractivity (Wildman–Crippen MR) is 131 cm³/mol. The molecule has 3 aromatic rings. The molecular formula is C26H29N5O4. The monoisotopic (exact) mass is 475 g/mol. The van der Waals surface area contributed by atoms with Crippen molar-refractivity contribution in [3.05, 3.63) is 60.0 Å². The number of methoxy groups -OCH3 is 1. The first-order chi connectivity index (χ1) is 17.1. The summed E-state index contributed by atoms with van der Waals surface area (Å²) in [6.07, 6.45) is 3.74. The summed E-state index contributed by atoms with van der Waals surface area (Å²) in [5, 5.41) is 4.02. The second-order valence-electron chi connectivity index (χ2n) is 8.83. The predicted octanol–water partition coefficient (Wildman–Crippen LogP) is 3.33. The van der Waals surface area contributed by atoms with E-state index < -0.39 is 0 Å². The zero-order valence-electron chi connectivity index (χ0n) is 19.9. The molecule has 0 bridgehead atoms. The number of carbonyl (C=O) groups excluding carboxylic acids is 2. The number of piperidine rings is 1. The van der Waals surface area contributed by atoms with Crippen LogP contribution < -0.4 is 9.64 Å². The van der Waals surface area contributed by atoms with E-state index in [0.717, 1.165) is 18.7 Å². The van der Waals surface area contributed by atoms with Crippen LogP contribution >= 0.6 is 0 Å². The van der Waals surface area contributed by atoms with Gasteiger partial charge in [0.05, 0.1) is 7.11 Å². The number of piperazine rings is 1. The fourth-order valence-electron chi connectivity index (χ4n) is 4.57. The Morgan fingerprint density at radius 3 is 2.06 bits per heavy atom. The molecule has 182 valence electrons. The van der Waals surface area contributed by atoms with Gasteiger partial charge in [0.25, 0.3) is 5.91 Å². The molecule has 0 N–H and O–H groups in total. The molecule has 0 saturated carbocycles. The number of nitrogens with zero attached hydrogens (tertiary/aromatic N) is 5.